The van der Waals surface area contributed by atoms with E-state index in [2.05, 4.69) is 0 Å². The van der Waals surface area contributed by atoms with E-state index < -0.39 is 15.9 Å². The number of ether oxygens (including phenoxy) is 2. The Labute approximate surface area is 95.4 Å². The molecule has 0 N–H and O–H groups in total. The minimum atomic E-state index is -0.789. The molecule has 0 rings (SSSR count). The molecule has 0 unspecified atom stereocenters. The molecule has 0 aromatic carbocycles. The van der Waals surface area contributed by atoms with Gasteiger partial charge in [-0.2, -0.15) is 0 Å². The summed E-state index contributed by atoms with van der Waals surface area (Å²) >= 11 is -0.789. The molecule has 0 radical (unpaired) electrons. The second-order valence-corrected chi connectivity index (χ2v) is 2.97. The van der Waals surface area contributed by atoms with Crippen LogP contribution >= 0.6 is 0 Å². The van der Waals surface area contributed by atoms with Gasteiger partial charge in [-0.15, -0.1) is 0 Å². The van der Waals surface area contributed by atoms with Crippen LogP contribution in [-0.2, 0) is 17.1 Å². The Hall–Kier alpha value is 0.970. The molecule has 0 amide bonds. The van der Waals surface area contributed by atoms with Gasteiger partial charge in [0, 0.05) is 30.3 Å². The van der Waals surface area contributed by atoms with Gasteiger partial charge in [-0.05, 0) is 0 Å². The number of rotatable bonds is 8. The van der Waals surface area contributed by atoms with Crippen molar-refractivity contribution in [2.75, 3.05) is 40.6 Å². The molecule has 0 atom stereocenters. The van der Waals surface area contributed by atoms with Crippen LogP contribution in [0.25, 0.3) is 0 Å². The molecule has 0 aliphatic heterocycles. The van der Waals surface area contributed by atoms with Crippen molar-refractivity contribution in [3.05, 3.63) is 0 Å². The van der Waals surface area contributed by atoms with Crippen LogP contribution in [0.2, 0.25) is 0 Å². The summed E-state index contributed by atoms with van der Waals surface area (Å²) in [6.45, 7) is 2.55. The third-order valence-electron chi connectivity index (χ3n) is 1.03. The Balaban J connectivity index is -0.000000167. The van der Waals surface area contributed by atoms with Crippen molar-refractivity contribution in [2.24, 2.45) is 0 Å². The Morgan fingerprint density at radius 1 is 0.917 bits per heavy atom. The number of hydrogen-bond acceptors (Lipinski definition) is 4. The van der Waals surface area contributed by atoms with E-state index in [-0.39, 0.29) is 21.7 Å². The second-order valence-electron chi connectivity index (χ2n) is 1.92. The van der Waals surface area contributed by atoms with Crippen molar-refractivity contribution < 1.29 is 19.9 Å². The number of hydrogen-bond donors (Lipinski definition) is 0. The first-order chi connectivity index (χ1) is 5.41. The van der Waals surface area contributed by atoms with Gasteiger partial charge in [-0.3, -0.25) is 0 Å². The summed E-state index contributed by atoms with van der Waals surface area (Å²) in [5, 5.41) is 0. The van der Waals surface area contributed by atoms with Gasteiger partial charge >= 0.3 is 34.7 Å². The van der Waals surface area contributed by atoms with Crippen molar-refractivity contribution in [3.63, 3.8) is 0 Å². The first-order valence-electron chi connectivity index (χ1n) is 3.55. The molecule has 0 aliphatic rings. The summed E-state index contributed by atoms with van der Waals surface area (Å²) < 4.78 is 19.9. The summed E-state index contributed by atoms with van der Waals surface area (Å²) in [4.78, 5) is 0. The van der Waals surface area contributed by atoms with Gasteiger partial charge in [0.05, 0.1) is 13.2 Å². The fourth-order valence-corrected chi connectivity index (χ4v) is 1.05. The van der Waals surface area contributed by atoms with E-state index in [1.807, 2.05) is 0 Å². The molecular weight excluding hydrogens is 170 g/mol. The van der Waals surface area contributed by atoms with Crippen molar-refractivity contribution in [2.45, 2.75) is 0 Å². The summed E-state index contributed by atoms with van der Waals surface area (Å²) in [5.74, 6) is 0. The summed E-state index contributed by atoms with van der Waals surface area (Å²) in [6, 6.07) is 0. The molecule has 0 bridgehead atoms. The van der Waals surface area contributed by atoms with Crippen molar-refractivity contribution in [1.29, 1.82) is 0 Å². The molecule has 0 aromatic heterocycles. The molecule has 0 saturated heterocycles. The third-order valence-corrected chi connectivity index (χ3v) is 1.94. The van der Waals surface area contributed by atoms with Gasteiger partial charge in [-0.25, -0.2) is 0 Å². The molecule has 72 valence electrons. The summed E-state index contributed by atoms with van der Waals surface area (Å²) in [7, 11) is 3.30. The Kier molecular flexibility index (Phi) is 18.6. The predicted octanol–water partition coefficient (Wildman–Crippen LogP) is -0.578. The van der Waals surface area contributed by atoms with E-state index >= 15 is 0 Å². The van der Waals surface area contributed by atoms with Crippen LogP contribution in [0.15, 0.2) is 0 Å². The molecule has 0 aliphatic carbocycles. The average molecular weight is 190 g/mol. The standard InChI is InChI=1S/2C3H7O2.Al.Li.2H2.2H/c2*1-5-3-2-4;;;;;;/h2*2-3H2,1H3;;;2*1H;;/q2*-1;+2;;;;;. The summed E-state index contributed by atoms with van der Waals surface area (Å²) in [5.41, 5.74) is 0. The van der Waals surface area contributed by atoms with Crippen LogP contribution in [0.5, 0.6) is 0 Å². The van der Waals surface area contributed by atoms with Gasteiger partial charge in [-0.1, -0.05) is 0 Å². The Morgan fingerprint density at radius 3 is 1.67 bits per heavy atom. The maximum atomic E-state index is 5.16. The SMILES string of the molecule is COCC[O][AlH][O]CCOC.[HH].[HH].[LiH]. The van der Waals surface area contributed by atoms with Crippen molar-refractivity contribution in [1.82, 2.24) is 0 Å². The van der Waals surface area contributed by atoms with E-state index in [9.17, 15) is 0 Å². The van der Waals surface area contributed by atoms with Crippen LogP contribution in [-0.4, -0.2) is 75.4 Å². The van der Waals surface area contributed by atoms with Crippen LogP contribution in [0.3, 0.4) is 0 Å². The normalized spacial score (nSPS) is 9.17. The average Bonchev–Trinajstić information content (AvgIpc) is 2.03. The molecule has 0 heterocycles. The molecule has 0 aromatic rings. The number of methoxy groups -OCH3 is 2. The zero-order valence-corrected chi connectivity index (χ0v) is 8.58. The van der Waals surface area contributed by atoms with Crippen molar-refractivity contribution >= 4 is 34.7 Å². The first kappa shape index (κ1) is 15.4. The van der Waals surface area contributed by atoms with Gasteiger partial charge in [0.15, 0.2) is 0 Å². The quantitative estimate of drug-likeness (QED) is 0.379. The van der Waals surface area contributed by atoms with Crippen LogP contribution in [0.1, 0.15) is 2.85 Å². The second kappa shape index (κ2) is 14.5. The Morgan fingerprint density at radius 2 is 1.33 bits per heavy atom. The molecule has 0 spiro atoms. The summed E-state index contributed by atoms with van der Waals surface area (Å²) in [6.07, 6.45) is 0. The fraction of sp³-hybridized carbons (Fsp3) is 1.00. The molecule has 12 heavy (non-hydrogen) atoms. The van der Waals surface area contributed by atoms with E-state index in [0.29, 0.717) is 26.4 Å². The van der Waals surface area contributed by atoms with Crippen LogP contribution in [0, 0.1) is 0 Å². The molecule has 4 nitrogen and oxygen atoms in total. The molecule has 6 heteroatoms. The van der Waals surface area contributed by atoms with E-state index in [0.717, 1.165) is 0 Å². The zero-order valence-electron chi connectivity index (χ0n) is 7.17. The Bertz CT molecular complexity index is 76.9. The van der Waals surface area contributed by atoms with Gasteiger partial charge < -0.3 is 17.1 Å². The zero-order chi connectivity index (χ0) is 8.36. The van der Waals surface area contributed by atoms with Crippen molar-refractivity contribution in [3.8, 4) is 0 Å². The van der Waals surface area contributed by atoms with Gasteiger partial charge in [0.2, 0.25) is 0 Å². The third kappa shape index (κ3) is 13.6. The predicted molar refractivity (Wildman–Crippen MR) is 54.2 cm³/mol. The van der Waals surface area contributed by atoms with Crippen LogP contribution < -0.4 is 0 Å². The van der Waals surface area contributed by atoms with Gasteiger partial charge in [0.25, 0.3) is 0 Å². The minimum absolute atomic E-state index is 0. The first-order valence-corrected chi connectivity index (χ1v) is 4.70. The monoisotopic (exact) mass is 190 g/mol. The molecule has 0 fully saturated rings. The van der Waals surface area contributed by atoms with Gasteiger partial charge in [0.1, 0.15) is 0 Å². The van der Waals surface area contributed by atoms with Crippen LogP contribution in [0.4, 0.5) is 0 Å². The van der Waals surface area contributed by atoms with E-state index in [4.69, 9.17) is 17.1 Å². The topological polar surface area (TPSA) is 36.9 Å². The maximum absolute atomic E-state index is 5.16. The fourth-order valence-electron chi connectivity index (χ4n) is 0.461. The molecular formula is C6H20AlLiO4. The molecule has 0 saturated carbocycles. The van der Waals surface area contributed by atoms with E-state index in [1.165, 1.54) is 0 Å². The van der Waals surface area contributed by atoms with E-state index in [1.54, 1.807) is 14.2 Å².